The van der Waals surface area contributed by atoms with Gasteiger partial charge in [-0.2, -0.15) is 0 Å². The number of aryl methyl sites for hydroxylation is 2. The van der Waals surface area contributed by atoms with Gasteiger partial charge < -0.3 is 0 Å². The zero-order valence-electron chi connectivity index (χ0n) is 10.8. The van der Waals surface area contributed by atoms with E-state index in [0.29, 0.717) is 0 Å². The molecule has 1 heteroatoms. The molecule has 0 amide bonds. The first-order valence-electron chi connectivity index (χ1n) is 6.98. The summed E-state index contributed by atoms with van der Waals surface area (Å²) in [6.45, 7) is 0. The van der Waals surface area contributed by atoms with Crippen LogP contribution in [0.4, 0.5) is 0 Å². The van der Waals surface area contributed by atoms with E-state index < -0.39 is 0 Å². The minimum absolute atomic E-state index is 0.187. The van der Waals surface area contributed by atoms with E-state index in [0.717, 1.165) is 29.0 Å². The van der Waals surface area contributed by atoms with Crippen LogP contribution >= 0.6 is 0 Å². The first-order valence-corrected chi connectivity index (χ1v) is 6.98. The van der Waals surface area contributed by atoms with E-state index in [2.05, 4.69) is 24.3 Å². The molecule has 93 valence electrons. The van der Waals surface area contributed by atoms with E-state index in [4.69, 9.17) is 0 Å². The first kappa shape index (κ1) is 10.9. The second-order valence-corrected chi connectivity index (χ2v) is 5.43. The molecule has 0 saturated heterocycles. The molecule has 0 atom stereocenters. The second-order valence-electron chi connectivity index (χ2n) is 5.43. The highest BCUT2D eigenvalue weighted by Gasteiger charge is 2.17. The summed E-state index contributed by atoms with van der Waals surface area (Å²) in [7, 11) is 0. The molecule has 0 spiro atoms. The number of hydrogen-bond donors (Lipinski definition) is 0. The monoisotopic (exact) mass is 247 g/mol. The van der Waals surface area contributed by atoms with Crippen LogP contribution in [-0.4, -0.2) is 0 Å². The molecule has 0 fully saturated rings. The van der Waals surface area contributed by atoms with Crippen molar-refractivity contribution in [2.75, 3.05) is 0 Å². The molecule has 3 aromatic carbocycles. The van der Waals surface area contributed by atoms with Gasteiger partial charge in [0.1, 0.15) is 0 Å². The number of rotatable bonds is 0. The molecular formula is C18H15O. The highest BCUT2D eigenvalue weighted by molar-refractivity contribution is 6.11. The van der Waals surface area contributed by atoms with Crippen molar-refractivity contribution in [2.24, 2.45) is 0 Å². The summed E-state index contributed by atoms with van der Waals surface area (Å²) in [5, 5.41) is 16.8. The maximum Gasteiger partial charge on any atom is 0.187 e. The van der Waals surface area contributed by atoms with Gasteiger partial charge in [-0.1, -0.05) is 36.4 Å². The Balaban J connectivity index is 2.20. The smallest absolute Gasteiger partial charge is 0.187 e. The Bertz CT molecular complexity index is 786. The average Bonchev–Trinajstić information content (AvgIpc) is 2.46. The van der Waals surface area contributed by atoms with Crippen molar-refractivity contribution >= 4 is 21.5 Å². The molecule has 0 heterocycles. The summed E-state index contributed by atoms with van der Waals surface area (Å²) >= 11 is 0. The van der Waals surface area contributed by atoms with Gasteiger partial charge in [0, 0.05) is 5.39 Å². The molecule has 0 aliphatic heterocycles. The van der Waals surface area contributed by atoms with Crippen molar-refractivity contribution < 1.29 is 5.11 Å². The number of benzene rings is 3. The van der Waals surface area contributed by atoms with Crippen LogP contribution in [0, 0.1) is 0 Å². The normalized spacial score (nSPS) is 14.7. The van der Waals surface area contributed by atoms with Crippen molar-refractivity contribution in [1.29, 1.82) is 0 Å². The van der Waals surface area contributed by atoms with Crippen LogP contribution in [0.25, 0.3) is 21.5 Å². The standard InChI is InChI=1S/C18H15O/c19-17-11-13-6-2-3-7-14(13)16-10-9-12-5-1-4-8-15(12)18(16)17/h1,4-5,8-11H,2-3,6-7H2. The van der Waals surface area contributed by atoms with Gasteiger partial charge in [0.15, 0.2) is 5.75 Å². The summed E-state index contributed by atoms with van der Waals surface area (Å²) in [5.74, 6) is 0.187. The topological polar surface area (TPSA) is 19.9 Å². The van der Waals surface area contributed by atoms with E-state index in [1.165, 1.54) is 29.4 Å². The van der Waals surface area contributed by atoms with Crippen molar-refractivity contribution in [2.45, 2.75) is 25.7 Å². The highest BCUT2D eigenvalue weighted by atomic mass is 16.3. The third kappa shape index (κ3) is 1.54. The molecule has 1 aliphatic carbocycles. The van der Waals surface area contributed by atoms with Crippen molar-refractivity contribution in [3.63, 3.8) is 0 Å². The quantitative estimate of drug-likeness (QED) is 0.497. The predicted molar refractivity (Wildman–Crippen MR) is 78.2 cm³/mol. The van der Waals surface area contributed by atoms with E-state index in [1.807, 2.05) is 18.2 Å². The Kier molecular flexibility index (Phi) is 2.28. The maximum atomic E-state index is 12.5. The molecular weight excluding hydrogens is 232 g/mol. The van der Waals surface area contributed by atoms with Crippen LogP contribution in [0.3, 0.4) is 0 Å². The van der Waals surface area contributed by atoms with Crippen LogP contribution in [0.1, 0.15) is 24.0 Å². The Morgan fingerprint density at radius 2 is 1.68 bits per heavy atom. The summed E-state index contributed by atoms with van der Waals surface area (Å²) in [6, 6.07) is 14.3. The maximum absolute atomic E-state index is 12.5. The van der Waals surface area contributed by atoms with E-state index >= 15 is 0 Å². The van der Waals surface area contributed by atoms with Gasteiger partial charge in [-0.25, -0.2) is 0 Å². The van der Waals surface area contributed by atoms with Crippen LogP contribution in [0.5, 0.6) is 5.75 Å². The minimum atomic E-state index is 0.187. The van der Waals surface area contributed by atoms with Crippen LogP contribution in [0.15, 0.2) is 42.5 Å². The first-order chi connectivity index (χ1) is 9.34. The van der Waals surface area contributed by atoms with E-state index in [9.17, 15) is 5.11 Å². The van der Waals surface area contributed by atoms with E-state index in [-0.39, 0.29) is 5.75 Å². The van der Waals surface area contributed by atoms with Gasteiger partial charge in [0.05, 0.1) is 0 Å². The molecule has 19 heavy (non-hydrogen) atoms. The van der Waals surface area contributed by atoms with Gasteiger partial charge >= 0.3 is 0 Å². The Labute approximate surface area is 112 Å². The second kappa shape index (κ2) is 3.99. The molecule has 0 unspecified atom stereocenters. The molecule has 0 bridgehead atoms. The fraction of sp³-hybridized carbons (Fsp3) is 0.222. The van der Waals surface area contributed by atoms with Crippen molar-refractivity contribution in [1.82, 2.24) is 0 Å². The van der Waals surface area contributed by atoms with Crippen LogP contribution in [0.2, 0.25) is 0 Å². The fourth-order valence-corrected chi connectivity index (χ4v) is 3.41. The predicted octanol–water partition coefficient (Wildman–Crippen LogP) is 5.02. The zero-order chi connectivity index (χ0) is 12.8. The summed E-state index contributed by atoms with van der Waals surface area (Å²) < 4.78 is 0. The molecule has 3 aromatic rings. The lowest BCUT2D eigenvalue weighted by molar-refractivity contribution is 0.359. The van der Waals surface area contributed by atoms with Crippen LogP contribution in [-0.2, 0) is 17.9 Å². The molecule has 1 radical (unpaired) electrons. The largest absolute Gasteiger partial charge is 0.289 e. The van der Waals surface area contributed by atoms with Gasteiger partial charge in [0.2, 0.25) is 0 Å². The zero-order valence-corrected chi connectivity index (χ0v) is 10.8. The van der Waals surface area contributed by atoms with Gasteiger partial charge in [-0.3, -0.25) is 5.11 Å². The lowest BCUT2D eigenvalue weighted by atomic mass is 9.86. The summed E-state index contributed by atoms with van der Waals surface area (Å²) in [6.07, 6.45) is 4.64. The third-order valence-electron chi connectivity index (χ3n) is 4.32. The number of fused-ring (bicyclic) bond motifs is 5. The molecule has 0 saturated carbocycles. The minimum Gasteiger partial charge on any atom is -0.289 e. The fourth-order valence-electron chi connectivity index (χ4n) is 3.41. The van der Waals surface area contributed by atoms with Crippen molar-refractivity contribution in [3.05, 3.63) is 53.6 Å². The average molecular weight is 247 g/mol. The van der Waals surface area contributed by atoms with Gasteiger partial charge in [-0.15, -0.1) is 0 Å². The summed E-state index contributed by atoms with van der Waals surface area (Å²) in [4.78, 5) is 0. The highest BCUT2D eigenvalue weighted by Crippen LogP contribution is 2.39. The Morgan fingerprint density at radius 3 is 2.63 bits per heavy atom. The molecule has 1 nitrogen and oxygen atoms in total. The third-order valence-corrected chi connectivity index (χ3v) is 4.32. The summed E-state index contributed by atoms with van der Waals surface area (Å²) in [5.41, 5.74) is 2.69. The lowest BCUT2D eigenvalue weighted by Crippen LogP contribution is -2.03. The molecule has 4 rings (SSSR count). The molecule has 0 N–H and O–H groups in total. The molecule has 1 aliphatic rings. The van der Waals surface area contributed by atoms with Gasteiger partial charge in [0.25, 0.3) is 0 Å². The SMILES string of the molecule is [O]c1cc2c(c3ccc4ccccc4c13)CCCC2. The Hall–Kier alpha value is -2.02. The van der Waals surface area contributed by atoms with Crippen LogP contribution < -0.4 is 0 Å². The lowest BCUT2D eigenvalue weighted by Gasteiger charge is -2.19. The number of hydrogen-bond acceptors (Lipinski definition) is 0. The van der Waals surface area contributed by atoms with Gasteiger partial charge in [-0.05, 0) is 59.0 Å². The Morgan fingerprint density at radius 1 is 0.842 bits per heavy atom. The van der Waals surface area contributed by atoms with Crippen molar-refractivity contribution in [3.8, 4) is 5.75 Å². The van der Waals surface area contributed by atoms with E-state index in [1.54, 1.807) is 0 Å². The molecule has 0 aromatic heterocycles.